The zero-order valence-corrected chi connectivity index (χ0v) is 19.1. The molecule has 2 N–H and O–H groups in total. The number of hydrogen-bond acceptors (Lipinski definition) is 4. The van der Waals surface area contributed by atoms with Crippen molar-refractivity contribution in [2.45, 2.75) is 25.8 Å². The highest BCUT2D eigenvalue weighted by Gasteiger charge is 2.10. The van der Waals surface area contributed by atoms with Crippen LogP contribution in [0.2, 0.25) is 5.02 Å². The normalized spacial score (nSPS) is 11.6. The smallest absolute Gasteiger partial charge is 0.251 e. The zero-order chi connectivity index (χ0) is 23.0. The molecule has 1 amide bonds. The van der Waals surface area contributed by atoms with Gasteiger partial charge in [0.2, 0.25) is 5.95 Å². The van der Waals surface area contributed by atoms with E-state index in [4.69, 9.17) is 11.6 Å². The molecule has 1 aromatic heterocycles. The molecule has 1 heterocycles. The summed E-state index contributed by atoms with van der Waals surface area (Å²) in [7, 11) is 0. The number of benzene rings is 3. The lowest BCUT2D eigenvalue weighted by molar-refractivity contribution is 0.0938. The monoisotopic (exact) mass is 456 g/mol. The summed E-state index contributed by atoms with van der Waals surface area (Å²) in [6.45, 7) is 2.03. The molecule has 1 atom stereocenters. The summed E-state index contributed by atoms with van der Waals surface area (Å²) in [5.41, 5.74) is 4.44. The van der Waals surface area contributed by atoms with Gasteiger partial charge in [-0.2, -0.15) is 0 Å². The van der Waals surface area contributed by atoms with Crippen LogP contribution in [-0.4, -0.2) is 21.9 Å². The van der Waals surface area contributed by atoms with Gasteiger partial charge in [0.15, 0.2) is 0 Å². The Labute approximate surface area is 198 Å². The number of nitrogens with zero attached hydrogens (tertiary/aromatic N) is 2. The summed E-state index contributed by atoms with van der Waals surface area (Å²) >= 11 is 5.97. The summed E-state index contributed by atoms with van der Waals surface area (Å²) in [6.07, 6.45) is 3.52. The fraction of sp³-hybridized carbons (Fsp3) is 0.148. The van der Waals surface area contributed by atoms with Crippen LogP contribution in [0.15, 0.2) is 91.1 Å². The van der Waals surface area contributed by atoms with Gasteiger partial charge < -0.3 is 10.6 Å². The van der Waals surface area contributed by atoms with Gasteiger partial charge in [0.1, 0.15) is 0 Å². The minimum absolute atomic E-state index is 0.0805. The molecular weight excluding hydrogens is 432 g/mol. The second-order valence-corrected chi connectivity index (χ2v) is 8.31. The Balaban J connectivity index is 1.34. The molecule has 33 heavy (non-hydrogen) atoms. The number of anilines is 2. The number of nitrogens with one attached hydrogen (secondary N) is 2. The summed E-state index contributed by atoms with van der Waals surface area (Å²) in [4.78, 5) is 21.5. The summed E-state index contributed by atoms with van der Waals surface area (Å²) in [5.74, 6) is 0.400. The second-order valence-electron chi connectivity index (χ2n) is 7.87. The highest BCUT2D eigenvalue weighted by Crippen LogP contribution is 2.21. The Kier molecular flexibility index (Phi) is 7.33. The predicted molar refractivity (Wildman–Crippen MR) is 134 cm³/mol. The Hall–Kier alpha value is -3.70. The highest BCUT2D eigenvalue weighted by molar-refractivity contribution is 6.30. The summed E-state index contributed by atoms with van der Waals surface area (Å²) < 4.78 is 0. The number of aryl methyl sites for hydroxylation is 1. The SMILES string of the molecule is CC(CCc1ccccc1)NC(=O)c1ccc(Nc2nccc(-c3ccc(Cl)cc3)n2)cc1. The standard InChI is InChI=1S/C27H25ClN4O/c1-19(7-8-20-5-3-2-4-6-20)30-26(33)22-11-15-24(16-12-22)31-27-29-18-17-25(32-27)21-9-13-23(28)14-10-21/h2-6,9-19H,7-8H2,1H3,(H,30,33)(H,29,31,32). The molecule has 6 heteroatoms. The minimum atomic E-state index is -0.0805. The Morgan fingerprint density at radius 1 is 0.939 bits per heavy atom. The van der Waals surface area contributed by atoms with Gasteiger partial charge in [0, 0.05) is 34.1 Å². The lowest BCUT2D eigenvalue weighted by atomic mass is 10.1. The van der Waals surface area contributed by atoms with E-state index in [-0.39, 0.29) is 11.9 Å². The maximum absolute atomic E-state index is 12.6. The van der Waals surface area contributed by atoms with Crippen molar-refractivity contribution in [2.24, 2.45) is 0 Å². The van der Waals surface area contributed by atoms with E-state index >= 15 is 0 Å². The van der Waals surface area contributed by atoms with Crippen LogP contribution in [0.1, 0.15) is 29.3 Å². The predicted octanol–water partition coefficient (Wildman–Crippen LogP) is 6.29. The van der Waals surface area contributed by atoms with Gasteiger partial charge in [-0.3, -0.25) is 4.79 Å². The molecule has 0 spiro atoms. The number of aromatic nitrogens is 2. The average molecular weight is 457 g/mol. The first-order chi connectivity index (χ1) is 16.1. The van der Waals surface area contributed by atoms with Gasteiger partial charge in [0.05, 0.1) is 5.69 Å². The molecule has 166 valence electrons. The van der Waals surface area contributed by atoms with Crippen LogP contribution in [0.3, 0.4) is 0 Å². The van der Waals surface area contributed by atoms with E-state index in [9.17, 15) is 4.79 Å². The van der Waals surface area contributed by atoms with Crippen molar-refractivity contribution in [3.8, 4) is 11.3 Å². The van der Waals surface area contributed by atoms with Crippen LogP contribution in [0.25, 0.3) is 11.3 Å². The number of hydrogen-bond donors (Lipinski definition) is 2. The third-order valence-corrected chi connectivity index (χ3v) is 5.54. The Morgan fingerprint density at radius 3 is 2.39 bits per heavy atom. The van der Waals surface area contributed by atoms with Crippen molar-refractivity contribution in [3.63, 3.8) is 0 Å². The second kappa shape index (κ2) is 10.7. The molecule has 0 bridgehead atoms. The van der Waals surface area contributed by atoms with Gasteiger partial charge in [-0.15, -0.1) is 0 Å². The fourth-order valence-corrected chi connectivity index (χ4v) is 3.57. The van der Waals surface area contributed by atoms with Gasteiger partial charge in [-0.25, -0.2) is 9.97 Å². The van der Waals surface area contributed by atoms with E-state index < -0.39 is 0 Å². The molecule has 4 rings (SSSR count). The average Bonchev–Trinajstić information content (AvgIpc) is 2.84. The molecule has 0 radical (unpaired) electrons. The Bertz CT molecular complexity index is 1190. The van der Waals surface area contributed by atoms with Gasteiger partial charge in [0.25, 0.3) is 5.91 Å². The molecule has 1 unspecified atom stereocenters. The van der Waals surface area contributed by atoms with Crippen molar-refractivity contribution in [1.82, 2.24) is 15.3 Å². The maximum atomic E-state index is 12.6. The topological polar surface area (TPSA) is 66.9 Å². The molecule has 0 saturated heterocycles. The lowest BCUT2D eigenvalue weighted by Crippen LogP contribution is -2.32. The zero-order valence-electron chi connectivity index (χ0n) is 18.3. The Morgan fingerprint density at radius 2 is 1.67 bits per heavy atom. The molecule has 0 fully saturated rings. The van der Waals surface area contributed by atoms with Crippen LogP contribution in [0.4, 0.5) is 11.6 Å². The number of rotatable bonds is 8. The van der Waals surface area contributed by atoms with Crippen LogP contribution in [-0.2, 0) is 6.42 Å². The van der Waals surface area contributed by atoms with E-state index in [1.807, 2.05) is 67.6 Å². The van der Waals surface area contributed by atoms with Crippen LogP contribution >= 0.6 is 11.6 Å². The minimum Gasteiger partial charge on any atom is -0.350 e. The molecule has 0 aliphatic carbocycles. The molecule has 5 nitrogen and oxygen atoms in total. The van der Waals surface area contributed by atoms with E-state index in [1.54, 1.807) is 18.3 Å². The molecule has 0 aliphatic heterocycles. The number of amides is 1. The van der Waals surface area contributed by atoms with E-state index in [0.717, 1.165) is 29.8 Å². The molecule has 4 aromatic rings. The van der Waals surface area contributed by atoms with Crippen molar-refractivity contribution in [1.29, 1.82) is 0 Å². The number of carbonyl (C=O) groups is 1. The maximum Gasteiger partial charge on any atom is 0.251 e. The summed E-state index contributed by atoms with van der Waals surface area (Å²) in [5, 5.41) is 6.94. The third-order valence-electron chi connectivity index (χ3n) is 5.29. The van der Waals surface area contributed by atoms with Gasteiger partial charge >= 0.3 is 0 Å². The van der Waals surface area contributed by atoms with Crippen molar-refractivity contribution >= 4 is 29.1 Å². The van der Waals surface area contributed by atoms with Gasteiger partial charge in [-0.1, -0.05) is 54.1 Å². The van der Waals surface area contributed by atoms with Crippen molar-refractivity contribution in [2.75, 3.05) is 5.32 Å². The van der Waals surface area contributed by atoms with E-state index in [2.05, 4.69) is 32.7 Å². The first-order valence-corrected chi connectivity index (χ1v) is 11.3. The lowest BCUT2D eigenvalue weighted by Gasteiger charge is -2.14. The van der Waals surface area contributed by atoms with E-state index in [0.29, 0.717) is 16.5 Å². The molecule has 0 saturated carbocycles. The van der Waals surface area contributed by atoms with Crippen molar-refractivity contribution < 1.29 is 4.79 Å². The largest absolute Gasteiger partial charge is 0.350 e. The molecular formula is C27H25ClN4O. The van der Waals surface area contributed by atoms with Crippen LogP contribution in [0, 0.1) is 0 Å². The first kappa shape index (κ1) is 22.5. The summed E-state index contributed by atoms with van der Waals surface area (Å²) in [6, 6.07) is 27.0. The van der Waals surface area contributed by atoms with E-state index in [1.165, 1.54) is 5.56 Å². The molecule has 0 aliphatic rings. The number of halogens is 1. The van der Waals surface area contributed by atoms with Crippen LogP contribution < -0.4 is 10.6 Å². The quantitative estimate of drug-likeness (QED) is 0.327. The van der Waals surface area contributed by atoms with Crippen molar-refractivity contribution in [3.05, 3.63) is 107 Å². The third kappa shape index (κ3) is 6.40. The van der Waals surface area contributed by atoms with Crippen LogP contribution in [0.5, 0.6) is 0 Å². The molecule has 3 aromatic carbocycles. The van der Waals surface area contributed by atoms with Gasteiger partial charge in [-0.05, 0) is 67.8 Å². The first-order valence-electron chi connectivity index (χ1n) is 10.9. The number of carbonyl (C=O) groups excluding carboxylic acids is 1. The fourth-order valence-electron chi connectivity index (χ4n) is 3.44. The highest BCUT2D eigenvalue weighted by atomic mass is 35.5.